The molecule has 2 nitrogen and oxygen atoms in total. The average molecular weight is 218 g/mol. The van der Waals surface area contributed by atoms with Gasteiger partial charge in [0.1, 0.15) is 0 Å². The van der Waals surface area contributed by atoms with Gasteiger partial charge in [0, 0.05) is 19.1 Å². The Balaban J connectivity index is 2.08. The second-order valence-electron chi connectivity index (χ2n) is 4.93. The molecule has 2 rings (SSSR count). The molecule has 0 aromatic heterocycles. The summed E-state index contributed by atoms with van der Waals surface area (Å²) in [7, 11) is 0. The van der Waals surface area contributed by atoms with E-state index in [-0.39, 0.29) is 0 Å². The maximum Gasteiger partial charge on any atom is 0.0239 e. The van der Waals surface area contributed by atoms with Crippen LogP contribution in [0.4, 0.5) is 0 Å². The smallest absolute Gasteiger partial charge is 0.0239 e. The van der Waals surface area contributed by atoms with Crippen molar-refractivity contribution in [3.05, 3.63) is 34.9 Å². The van der Waals surface area contributed by atoms with Crippen molar-refractivity contribution < 1.29 is 0 Å². The van der Waals surface area contributed by atoms with Crippen molar-refractivity contribution in [1.82, 2.24) is 4.90 Å². The van der Waals surface area contributed by atoms with Crippen LogP contribution in [-0.2, 0) is 6.54 Å². The number of aryl methyl sites for hydroxylation is 2. The molecule has 1 atom stereocenters. The molecule has 0 aliphatic carbocycles. The Labute approximate surface area is 98.4 Å². The number of rotatable bonds is 3. The van der Waals surface area contributed by atoms with Gasteiger partial charge in [0.15, 0.2) is 0 Å². The third-order valence-corrected chi connectivity index (χ3v) is 3.64. The van der Waals surface area contributed by atoms with E-state index in [0.717, 1.165) is 13.1 Å². The third kappa shape index (κ3) is 2.45. The Bertz CT molecular complexity index is 360. The van der Waals surface area contributed by atoms with Crippen LogP contribution in [0, 0.1) is 13.8 Å². The zero-order valence-electron chi connectivity index (χ0n) is 10.4. The molecule has 0 saturated carbocycles. The lowest BCUT2D eigenvalue weighted by Crippen LogP contribution is -2.35. The van der Waals surface area contributed by atoms with E-state index >= 15 is 0 Å². The molecule has 0 bridgehead atoms. The van der Waals surface area contributed by atoms with Gasteiger partial charge in [-0.15, -0.1) is 0 Å². The highest BCUT2D eigenvalue weighted by Gasteiger charge is 2.23. The van der Waals surface area contributed by atoms with E-state index in [9.17, 15) is 0 Å². The molecule has 16 heavy (non-hydrogen) atoms. The molecule has 1 unspecified atom stereocenters. The maximum atomic E-state index is 5.80. The topological polar surface area (TPSA) is 29.3 Å². The lowest BCUT2D eigenvalue weighted by atomic mass is 10.1. The lowest BCUT2D eigenvalue weighted by Gasteiger charge is -2.24. The van der Waals surface area contributed by atoms with Crippen molar-refractivity contribution in [3.63, 3.8) is 0 Å². The summed E-state index contributed by atoms with van der Waals surface area (Å²) < 4.78 is 0. The molecule has 88 valence electrons. The van der Waals surface area contributed by atoms with Crippen LogP contribution in [0.1, 0.15) is 29.5 Å². The van der Waals surface area contributed by atoms with Gasteiger partial charge in [-0.2, -0.15) is 0 Å². The molecule has 1 heterocycles. The molecule has 1 aliphatic rings. The lowest BCUT2D eigenvalue weighted by molar-refractivity contribution is 0.250. The minimum Gasteiger partial charge on any atom is -0.329 e. The zero-order chi connectivity index (χ0) is 11.5. The third-order valence-electron chi connectivity index (χ3n) is 3.64. The van der Waals surface area contributed by atoms with Crippen molar-refractivity contribution in [1.29, 1.82) is 0 Å². The zero-order valence-corrected chi connectivity index (χ0v) is 10.4. The molecule has 2 N–H and O–H groups in total. The second kappa shape index (κ2) is 4.98. The minimum absolute atomic E-state index is 0.598. The van der Waals surface area contributed by atoms with Gasteiger partial charge in [-0.05, 0) is 44.4 Å². The highest BCUT2D eigenvalue weighted by atomic mass is 15.2. The van der Waals surface area contributed by atoms with E-state index in [1.807, 2.05) is 0 Å². The SMILES string of the molecule is Cc1ccc(CN2CCCC2CN)c(C)c1. The molecular formula is C14H22N2. The van der Waals surface area contributed by atoms with Crippen LogP contribution in [0.25, 0.3) is 0 Å². The van der Waals surface area contributed by atoms with Crippen LogP contribution in [0.5, 0.6) is 0 Å². The summed E-state index contributed by atoms with van der Waals surface area (Å²) in [5, 5.41) is 0. The normalized spacial score (nSPS) is 21.6. The van der Waals surface area contributed by atoms with Gasteiger partial charge >= 0.3 is 0 Å². The molecule has 0 spiro atoms. The van der Waals surface area contributed by atoms with Crippen molar-refractivity contribution in [2.24, 2.45) is 5.73 Å². The van der Waals surface area contributed by atoms with Crippen molar-refractivity contribution in [2.75, 3.05) is 13.1 Å². The Morgan fingerprint density at radius 3 is 2.88 bits per heavy atom. The Morgan fingerprint density at radius 2 is 2.19 bits per heavy atom. The summed E-state index contributed by atoms with van der Waals surface area (Å²) in [5.74, 6) is 0. The van der Waals surface area contributed by atoms with Gasteiger partial charge in [-0.25, -0.2) is 0 Å². The molecular weight excluding hydrogens is 196 g/mol. The fourth-order valence-corrected chi connectivity index (χ4v) is 2.61. The van der Waals surface area contributed by atoms with Gasteiger partial charge in [-0.3, -0.25) is 4.90 Å². The first-order chi connectivity index (χ1) is 7.70. The molecule has 0 radical (unpaired) electrons. The number of nitrogens with two attached hydrogens (primary N) is 1. The van der Waals surface area contributed by atoms with E-state index in [2.05, 4.69) is 36.9 Å². The monoisotopic (exact) mass is 218 g/mol. The Morgan fingerprint density at radius 1 is 1.38 bits per heavy atom. The number of nitrogens with zero attached hydrogens (tertiary/aromatic N) is 1. The summed E-state index contributed by atoms with van der Waals surface area (Å²) in [6, 6.07) is 7.33. The molecule has 1 aromatic rings. The van der Waals surface area contributed by atoms with Crippen LogP contribution < -0.4 is 5.73 Å². The highest BCUT2D eigenvalue weighted by molar-refractivity contribution is 5.30. The molecule has 1 saturated heterocycles. The Kier molecular flexibility index (Phi) is 3.62. The van der Waals surface area contributed by atoms with Crippen LogP contribution in [0.15, 0.2) is 18.2 Å². The van der Waals surface area contributed by atoms with Gasteiger partial charge in [0.2, 0.25) is 0 Å². The summed E-state index contributed by atoms with van der Waals surface area (Å²) in [4.78, 5) is 2.53. The van der Waals surface area contributed by atoms with Crippen LogP contribution in [0.3, 0.4) is 0 Å². The van der Waals surface area contributed by atoms with Crippen molar-refractivity contribution in [3.8, 4) is 0 Å². The van der Waals surface area contributed by atoms with Gasteiger partial charge in [0.05, 0.1) is 0 Å². The maximum absolute atomic E-state index is 5.80. The van der Waals surface area contributed by atoms with Gasteiger partial charge in [-0.1, -0.05) is 23.8 Å². The molecule has 2 heteroatoms. The molecule has 1 aromatic carbocycles. The number of likely N-dealkylation sites (tertiary alicyclic amines) is 1. The predicted molar refractivity (Wildman–Crippen MR) is 68.4 cm³/mol. The van der Waals surface area contributed by atoms with Crippen LogP contribution in [-0.4, -0.2) is 24.0 Å². The van der Waals surface area contributed by atoms with E-state index in [0.29, 0.717) is 6.04 Å². The number of hydrogen-bond acceptors (Lipinski definition) is 2. The first-order valence-electron chi connectivity index (χ1n) is 6.21. The Hall–Kier alpha value is -0.860. The molecule has 0 amide bonds. The van der Waals surface area contributed by atoms with Crippen LogP contribution >= 0.6 is 0 Å². The summed E-state index contributed by atoms with van der Waals surface area (Å²) >= 11 is 0. The summed E-state index contributed by atoms with van der Waals surface area (Å²) in [6.07, 6.45) is 2.56. The largest absolute Gasteiger partial charge is 0.329 e. The second-order valence-corrected chi connectivity index (χ2v) is 4.93. The fourth-order valence-electron chi connectivity index (χ4n) is 2.61. The van der Waals surface area contributed by atoms with Gasteiger partial charge < -0.3 is 5.73 Å². The first-order valence-corrected chi connectivity index (χ1v) is 6.21. The van der Waals surface area contributed by atoms with Crippen molar-refractivity contribution in [2.45, 2.75) is 39.3 Å². The van der Waals surface area contributed by atoms with Crippen molar-refractivity contribution >= 4 is 0 Å². The first kappa shape index (κ1) is 11.6. The summed E-state index contributed by atoms with van der Waals surface area (Å²) in [5.41, 5.74) is 10.00. The molecule has 1 fully saturated rings. The van der Waals surface area contributed by atoms with Gasteiger partial charge in [0.25, 0.3) is 0 Å². The number of benzene rings is 1. The van der Waals surface area contributed by atoms with E-state index in [4.69, 9.17) is 5.73 Å². The standard InChI is InChI=1S/C14H22N2/c1-11-5-6-13(12(2)8-11)10-16-7-3-4-14(16)9-15/h5-6,8,14H,3-4,7,9-10,15H2,1-2H3. The number of hydrogen-bond donors (Lipinski definition) is 1. The van der Waals surface area contributed by atoms with Crippen LogP contribution in [0.2, 0.25) is 0 Å². The highest BCUT2D eigenvalue weighted by Crippen LogP contribution is 2.21. The van der Waals surface area contributed by atoms with E-state index in [1.54, 1.807) is 0 Å². The quantitative estimate of drug-likeness (QED) is 0.843. The predicted octanol–water partition coefficient (Wildman–Crippen LogP) is 2.23. The minimum atomic E-state index is 0.598. The average Bonchev–Trinajstić information content (AvgIpc) is 2.69. The van der Waals surface area contributed by atoms with E-state index in [1.165, 1.54) is 36.1 Å². The summed E-state index contributed by atoms with van der Waals surface area (Å²) in [6.45, 7) is 7.42. The molecule has 1 aliphatic heterocycles. The fraction of sp³-hybridized carbons (Fsp3) is 0.571. The van der Waals surface area contributed by atoms with E-state index < -0.39 is 0 Å².